The number of anilines is 8. The van der Waals surface area contributed by atoms with Crippen molar-refractivity contribution < 1.29 is 47.7 Å². The fraction of sp³-hybridized carbons (Fsp3) is 0.145. The van der Waals surface area contributed by atoms with Gasteiger partial charge in [0.25, 0.3) is 0 Å². The number of aromatic nitrogens is 10. The number of amides is 3. The van der Waals surface area contributed by atoms with Crippen LogP contribution in [0.1, 0.15) is 47.1 Å². The molecule has 5 aromatic heterocycles. The number of nitrogens with zero attached hydrogens (tertiary/aromatic N) is 13. The van der Waals surface area contributed by atoms with Gasteiger partial charge in [0.15, 0.2) is 22.9 Å². The van der Waals surface area contributed by atoms with Crippen LogP contribution < -0.4 is 67.5 Å². The van der Waals surface area contributed by atoms with Gasteiger partial charge in [-0.3, -0.25) is 28.6 Å². The zero-order chi connectivity index (χ0) is 80.1. The zero-order valence-electron chi connectivity index (χ0n) is 63.0. The van der Waals surface area contributed by atoms with Gasteiger partial charge in [0.05, 0.1) is 34.9 Å². The second kappa shape index (κ2) is 34.2. The van der Waals surface area contributed by atoms with Crippen molar-refractivity contribution in [1.82, 2.24) is 48.2 Å². The van der Waals surface area contributed by atoms with E-state index in [0.29, 0.717) is 110 Å². The Hall–Kier alpha value is -14.8. The molecule has 1 radical (unpaired) electrons. The smallest absolute Gasteiger partial charge is 0.537 e. The quantitative estimate of drug-likeness (QED) is 0.0561. The summed E-state index contributed by atoms with van der Waals surface area (Å²) >= 11 is 0. The Morgan fingerprint density at radius 3 is 1.23 bits per heavy atom. The average Bonchev–Trinajstić information content (AvgIpc) is 1.61. The van der Waals surface area contributed by atoms with Crippen LogP contribution in [0.2, 0.25) is 0 Å². The number of imidazole rings is 2. The van der Waals surface area contributed by atoms with E-state index in [9.17, 15) is 24.0 Å². The number of hydrogen-bond acceptors (Lipinski definition) is 22. The first-order chi connectivity index (χ1) is 54.3. The summed E-state index contributed by atoms with van der Waals surface area (Å²) in [7, 11) is 5.70. The van der Waals surface area contributed by atoms with Gasteiger partial charge in [0.2, 0.25) is 5.91 Å². The van der Waals surface area contributed by atoms with E-state index < -0.39 is 29.1 Å². The van der Waals surface area contributed by atoms with Crippen molar-refractivity contribution in [3.8, 4) is 63.0 Å². The van der Waals surface area contributed by atoms with E-state index >= 15 is 0 Å². The zero-order valence-corrected chi connectivity index (χ0v) is 63.0. The number of ether oxygens (including phenoxy) is 5. The Kier molecular flexibility index (Phi) is 23.5. The Labute approximate surface area is 649 Å². The maximum Gasteiger partial charge on any atom is 0.569 e. The van der Waals surface area contributed by atoms with Gasteiger partial charge >= 0.3 is 31.3 Å². The highest BCUT2D eigenvalue weighted by Gasteiger charge is 2.33. The van der Waals surface area contributed by atoms with Crippen LogP contribution >= 0.6 is 0 Å². The van der Waals surface area contributed by atoms with Crippen LogP contribution in [-0.2, 0) is 20.7 Å². The predicted octanol–water partition coefficient (Wildman–Crippen LogP) is 14.3. The van der Waals surface area contributed by atoms with Crippen molar-refractivity contribution >= 4 is 94.1 Å². The topological polar surface area (TPSA) is 358 Å². The van der Waals surface area contributed by atoms with Crippen molar-refractivity contribution in [1.29, 1.82) is 0 Å². The van der Waals surface area contributed by atoms with Crippen molar-refractivity contribution in [3.05, 3.63) is 282 Å². The molecule has 571 valence electrons. The molecule has 0 spiro atoms. The molecule has 0 unspecified atom stereocenters. The predicted molar refractivity (Wildman–Crippen MR) is 435 cm³/mol. The first kappa shape index (κ1) is 77.8. The third-order valence-corrected chi connectivity index (χ3v) is 16.9. The molecule has 15 rings (SSSR count). The van der Waals surface area contributed by atoms with Crippen LogP contribution in [0, 0.1) is 0 Å². The summed E-state index contributed by atoms with van der Waals surface area (Å²) in [5.41, 5.74) is 23.5. The van der Waals surface area contributed by atoms with Crippen molar-refractivity contribution in [2.24, 2.45) is 0 Å². The first-order valence-corrected chi connectivity index (χ1v) is 35.3. The Balaban J connectivity index is 0.000000145. The van der Waals surface area contributed by atoms with E-state index in [1.54, 1.807) is 177 Å². The highest BCUT2D eigenvalue weighted by Crippen LogP contribution is 2.38. The number of carbonyl (C=O) groups excluding carboxylic acids is 3. The number of para-hydroxylation sites is 3. The van der Waals surface area contributed by atoms with E-state index in [0.717, 1.165) is 22.9 Å². The summed E-state index contributed by atoms with van der Waals surface area (Å²) in [5.74, 6) is 5.76. The van der Waals surface area contributed by atoms with Gasteiger partial charge in [0.1, 0.15) is 93.1 Å². The first-order valence-electron chi connectivity index (χ1n) is 35.3. The Morgan fingerprint density at radius 2 is 0.805 bits per heavy atom. The summed E-state index contributed by atoms with van der Waals surface area (Å²) in [6.07, 6.45) is 3.15. The molecule has 9 aromatic carbocycles. The summed E-state index contributed by atoms with van der Waals surface area (Å²) in [6, 6.07) is 71.2. The molecular formula is C83H79BN17O12. The summed E-state index contributed by atoms with van der Waals surface area (Å²) in [6.45, 7) is 10.8. The van der Waals surface area contributed by atoms with Crippen molar-refractivity contribution in [2.75, 3.05) is 58.4 Å². The lowest BCUT2D eigenvalue weighted by Crippen LogP contribution is -2.34. The molecule has 1 aliphatic rings. The molecule has 0 saturated carbocycles. The SMILES string of the molecule is CN(C(=O)OC(C)(C)C)c1cccc(-n2c(=O)n(-c3ccc(Oc4ccccc4)cc3)c3c(N)ncnc32)c1.CN(C(=O)OC(C)(C)C)c1cccc(N2C(=O)Cc3c(N)ncnc32)c1.CNc1cccc(-n2c(=O)n(-c3ccc(Oc4ccccc4)cc3)c3c(N)ncnc32)c1.O[B]Oc1ccc(Oc2ccccc2)cc1. The van der Waals surface area contributed by atoms with Gasteiger partial charge in [-0.05, 0) is 205 Å². The van der Waals surface area contributed by atoms with Gasteiger partial charge in [-0.2, -0.15) is 0 Å². The normalized spacial score (nSPS) is 11.5. The molecule has 113 heavy (non-hydrogen) atoms. The van der Waals surface area contributed by atoms with E-state index in [1.165, 1.54) is 52.0 Å². The molecule has 0 atom stereocenters. The van der Waals surface area contributed by atoms with Crippen LogP contribution in [-0.4, -0.2) is 111 Å². The number of nitrogens with one attached hydrogen (secondary N) is 1. The maximum absolute atomic E-state index is 13.9. The largest absolute Gasteiger partial charge is 0.569 e. The van der Waals surface area contributed by atoms with Crippen LogP contribution in [0.4, 0.5) is 55.6 Å². The summed E-state index contributed by atoms with van der Waals surface area (Å²) < 4.78 is 38.9. The molecule has 0 saturated heterocycles. The molecule has 0 bridgehead atoms. The lowest BCUT2D eigenvalue weighted by Gasteiger charge is -2.25. The molecule has 0 fully saturated rings. The lowest BCUT2D eigenvalue weighted by atomic mass is 10.2. The van der Waals surface area contributed by atoms with E-state index in [1.807, 2.05) is 122 Å². The van der Waals surface area contributed by atoms with Crippen molar-refractivity contribution in [3.63, 3.8) is 0 Å². The lowest BCUT2D eigenvalue weighted by molar-refractivity contribution is -0.116. The Bertz CT molecular complexity index is 5820. The third kappa shape index (κ3) is 18.5. The summed E-state index contributed by atoms with van der Waals surface area (Å²) in [5, 5.41) is 11.5. The Morgan fingerprint density at radius 1 is 0.434 bits per heavy atom. The van der Waals surface area contributed by atoms with Crippen LogP contribution in [0.15, 0.2) is 265 Å². The maximum atomic E-state index is 13.9. The third-order valence-electron chi connectivity index (χ3n) is 16.9. The van der Waals surface area contributed by atoms with Gasteiger partial charge < -0.3 is 55.9 Å². The van der Waals surface area contributed by atoms with E-state index in [-0.39, 0.29) is 29.7 Å². The number of rotatable bonds is 16. The minimum atomic E-state index is -0.649. The molecule has 29 nitrogen and oxygen atoms in total. The second-order valence-corrected chi connectivity index (χ2v) is 27.1. The molecule has 3 amide bonds. The fourth-order valence-electron chi connectivity index (χ4n) is 11.6. The van der Waals surface area contributed by atoms with Gasteiger partial charge in [-0.25, -0.2) is 58.2 Å². The number of nitrogen functional groups attached to an aromatic ring is 3. The average molecular weight is 1520 g/mol. The molecule has 6 heterocycles. The standard InChI is InChI=1S/C29H28N6O4.C24H20N6O2.C18H21N5O3.C12H10BO3/c1-29(2,3)39-28(37)33(4)20-9-8-10-21(17-20)35-26-24(25(30)31-18-32-26)34(27(35)36)19-13-15-23(16-14-19)38-22-11-6-5-7-12-22;1-26-16-6-5-7-18(14-16)30-23-21(22(25)27-15-28-23)29(24(30)31)17-10-12-20(13-11-17)32-19-8-3-2-4-9-19;1-18(2,3)26-17(25)22(4)11-6-5-7-12(8-11)23-14(24)9-13-15(19)20-10-21-16(13)23;14-13-16-12-8-6-11(7-9-12)15-10-4-2-1-3-5-10/h5-18H,1-4H3,(H2,30,31,32);2-15,26H,1H3,(H2,25,27,28);5-8,10H,9H2,1-4H3,(H2,19,20,21);1-9,14H. The minimum Gasteiger partial charge on any atom is -0.537 e. The van der Waals surface area contributed by atoms with E-state index in [4.69, 9.17) is 50.6 Å². The van der Waals surface area contributed by atoms with E-state index in [2.05, 4.69) is 35.2 Å². The van der Waals surface area contributed by atoms with Gasteiger partial charge in [-0.15, -0.1) is 0 Å². The molecular weight excluding hydrogens is 1440 g/mol. The second-order valence-electron chi connectivity index (χ2n) is 27.1. The number of hydrogen-bond donors (Lipinski definition) is 5. The monoisotopic (exact) mass is 1520 g/mol. The van der Waals surface area contributed by atoms with Crippen LogP contribution in [0.3, 0.4) is 0 Å². The highest BCUT2D eigenvalue weighted by molar-refractivity contribution is 6.17. The summed E-state index contributed by atoms with van der Waals surface area (Å²) in [4.78, 5) is 94.2. The number of fused-ring (bicyclic) bond motifs is 3. The minimum absolute atomic E-state index is 0.147. The highest BCUT2D eigenvalue weighted by atomic mass is 16.6. The molecule has 0 aliphatic carbocycles. The van der Waals surface area contributed by atoms with Crippen LogP contribution in [0.25, 0.3) is 45.1 Å². The molecule has 8 N–H and O–H groups in total. The number of benzene rings is 9. The molecule has 30 heteroatoms. The molecule has 14 aromatic rings. The molecule has 1 aliphatic heterocycles. The van der Waals surface area contributed by atoms with Gasteiger partial charge in [0, 0.05) is 43.8 Å². The van der Waals surface area contributed by atoms with Crippen molar-refractivity contribution in [2.45, 2.75) is 59.2 Å². The van der Waals surface area contributed by atoms with Crippen LogP contribution in [0.5, 0.6) is 40.2 Å². The van der Waals surface area contributed by atoms with Gasteiger partial charge in [-0.1, -0.05) is 72.8 Å². The number of carbonyl (C=O) groups is 3. The fourth-order valence-corrected chi connectivity index (χ4v) is 11.6. The number of nitrogens with two attached hydrogens (primary N) is 3.